The lowest BCUT2D eigenvalue weighted by molar-refractivity contribution is -0.134. The first-order valence-electron chi connectivity index (χ1n) is 9.10. The molecule has 0 spiro atoms. The molecule has 0 bridgehead atoms. The van der Waals surface area contributed by atoms with Crippen LogP contribution < -0.4 is 0 Å². The first-order valence-corrected chi connectivity index (χ1v) is 9.10. The summed E-state index contributed by atoms with van der Waals surface area (Å²) in [5.41, 5.74) is 0.229. The Morgan fingerprint density at radius 2 is 1.61 bits per heavy atom. The summed E-state index contributed by atoms with van der Waals surface area (Å²) in [6.45, 7) is 20.5. The van der Waals surface area contributed by atoms with E-state index in [4.69, 9.17) is 4.74 Å². The van der Waals surface area contributed by atoms with E-state index in [1.54, 1.807) is 0 Å². The van der Waals surface area contributed by atoms with Crippen molar-refractivity contribution in [3.05, 3.63) is 0 Å². The van der Waals surface area contributed by atoms with E-state index in [2.05, 4.69) is 53.4 Å². The Morgan fingerprint density at radius 3 is 2.09 bits per heavy atom. The maximum absolute atomic E-state index is 12.4. The summed E-state index contributed by atoms with van der Waals surface area (Å²) >= 11 is 0. The fourth-order valence-corrected chi connectivity index (χ4v) is 3.25. The smallest absolute Gasteiger partial charge is 0.222 e. The molecule has 0 aromatic rings. The molecule has 1 aliphatic rings. The fraction of sp³-hybridized carbons (Fsp3) is 0.947. The van der Waals surface area contributed by atoms with E-state index in [-0.39, 0.29) is 5.60 Å². The number of carbonyl (C=O) groups excluding carboxylic acids is 1. The number of hydrogen-bond donors (Lipinski definition) is 0. The van der Waals surface area contributed by atoms with Gasteiger partial charge in [-0.3, -0.25) is 9.69 Å². The van der Waals surface area contributed by atoms with Crippen LogP contribution in [-0.2, 0) is 9.53 Å². The van der Waals surface area contributed by atoms with Crippen molar-refractivity contribution in [1.82, 2.24) is 9.80 Å². The van der Waals surface area contributed by atoms with Crippen LogP contribution in [0.2, 0.25) is 0 Å². The number of carbonyl (C=O) groups is 1. The molecule has 136 valence electrons. The minimum atomic E-state index is -0.0685. The van der Waals surface area contributed by atoms with Crippen molar-refractivity contribution >= 4 is 5.91 Å². The van der Waals surface area contributed by atoms with Gasteiger partial charge in [0.2, 0.25) is 5.91 Å². The molecule has 1 heterocycles. The molecule has 1 amide bonds. The fourth-order valence-electron chi connectivity index (χ4n) is 3.25. The highest BCUT2D eigenvalue weighted by Crippen LogP contribution is 2.26. The van der Waals surface area contributed by atoms with Crippen LogP contribution in [0.15, 0.2) is 0 Å². The van der Waals surface area contributed by atoms with Gasteiger partial charge < -0.3 is 9.64 Å². The Bertz CT molecular complexity index is 361. The highest BCUT2D eigenvalue weighted by Gasteiger charge is 2.24. The summed E-state index contributed by atoms with van der Waals surface area (Å²) in [6.07, 6.45) is 1.78. The molecule has 4 heteroatoms. The molecule has 0 aliphatic carbocycles. The topological polar surface area (TPSA) is 32.8 Å². The van der Waals surface area contributed by atoms with Gasteiger partial charge >= 0.3 is 0 Å². The quantitative estimate of drug-likeness (QED) is 0.750. The number of piperazine rings is 1. The molecule has 0 N–H and O–H groups in total. The van der Waals surface area contributed by atoms with E-state index in [1.165, 1.54) is 0 Å². The molecule has 0 radical (unpaired) electrons. The third-order valence-corrected chi connectivity index (χ3v) is 4.15. The molecular weight excluding hydrogens is 288 g/mol. The molecule has 0 aromatic heterocycles. The van der Waals surface area contributed by atoms with Crippen LogP contribution in [0.4, 0.5) is 0 Å². The molecule has 1 atom stereocenters. The van der Waals surface area contributed by atoms with Crippen LogP contribution in [0.1, 0.15) is 61.3 Å². The van der Waals surface area contributed by atoms with Crippen molar-refractivity contribution in [2.75, 3.05) is 39.3 Å². The monoisotopic (exact) mass is 326 g/mol. The number of nitrogens with zero attached hydrogens (tertiary/aromatic N) is 2. The third kappa shape index (κ3) is 9.31. The van der Waals surface area contributed by atoms with Gasteiger partial charge in [0.25, 0.3) is 0 Å². The number of hydrogen-bond acceptors (Lipinski definition) is 3. The summed E-state index contributed by atoms with van der Waals surface area (Å²) < 4.78 is 5.78. The Kier molecular flexibility index (Phi) is 7.53. The molecule has 0 saturated carbocycles. The van der Waals surface area contributed by atoms with Crippen molar-refractivity contribution in [3.63, 3.8) is 0 Å². The molecule has 1 rings (SSSR count). The second-order valence-electron chi connectivity index (χ2n) is 9.26. The van der Waals surface area contributed by atoms with Gasteiger partial charge in [0, 0.05) is 39.1 Å². The van der Waals surface area contributed by atoms with Crippen LogP contribution >= 0.6 is 0 Å². The Balaban J connectivity index is 2.26. The van der Waals surface area contributed by atoms with Crippen LogP contribution in [0.25, 0.3) is 0 Å². The van der Waals surface area contributed by atoms with Crippen molar-refractivity contribution in [2.45, 2.75) is 66.9 Å². The first-order chi connectivity index (χ1) is 10.5. The molecule has 4 nitrogen and oxygen atoms in total. The van der Waals surface area contributed by atoms with E-state index in [0.717, 1.165) is 45.8 Å². The molecule has 23 heavy (non-hydrogen) atoms. The summed E-state index contributed by atoms with van der Waals surface area (Å²) in [5.74, 6) is 0.785. The van der Waals surface area contributed by atoms with Crippen molar-refractivity contribution in [2.24, 2.45) is 11.3 Å². The summed E-state index contributed by atoms with van der Waals surface area (Å²) in [5, 5.41) is 0. The third-order valence-electron chi connectivity index (χ3n) is 4.15. The molecule has 1 saturated heterocycles. The molecule has 1 unspecified atom stereocenters. The number of ether oxygens (including phenoxy) is 1. The largest absolute Gasteiger partial charge is 0.375 e. The molecule has 0 aromatic carbocycles. The second kappa shape index (κ2) is 8.48. The zero-order valence-electron chi connectivity index (χ0n) is 16.4. The summed E-state index contributed by atoms with van der Waals surface area (Å²) in [6, 6.07) is 0. The van der Waals surface area contributed by atoms with E-state index < -0.39 is 0 Å². The second-order valence-corrected chi connectivity index (χ2v) is 9.26. The maximum atomic E-state index is 12.4. The number of rotatable bonds is 6. The zero-order chi connectivity index (χ0) is 17.7. The average Bonchev–Trinajstić information content (AvgIpc) is 2.35. The zero-order valence-corrected chi connectivity index (χ0v) is 16.4. The van der Waals surface area contributed by atoms with Gasteiger partial charge in [-0.1, -0.05) is 27.7 Å². The van der Waals surface area contributed by atoms with Gasteiger partial charge in [0.05, 0.1) is 12.2 Å². The van der Waals surface area contributed by atoms with Crippen molar-refractivity contribution < 1.29 is 9.53 Å². The van der Waals surface area contributed by atoms with Crippen molar-refractivity contribution in [3.8, 4) is 0 Å². The van der Waals surface area contributed by atoms with Gasteiger partial charge in [-0.15, -0.1) is 0 Å². The first kappa shape index (κ1) is 20.4. The summed E-state index contributed by atoms with van der Waals surface area (Å²) in [7, 11) is 0. The molecular formula is C19H38N2O2. The van der Waals surface area contributed by atoms with Gasteiger partial charge in [0.1, 0.15) is 0 Å². The minimum absolute atomic E-state index is 0.0685. The lowest BCUT2D eigenvalue weighted by Gasteiger charge is -2.36. The predicted molar refractivity (Wildman–Crippen MR) is 96.6 cm³/mol. The van der Waals surface area contributed by atoms with E-state index in [0.29, 0.717) is 23.7 Å². The van der Waals surface area contributed by atoms with Gasteiger partial charge in [-0.2, -0.15) is 0 Å². The maximum Gasteiger partial charge on any atom is 0.222 e. The standard InChI is InChI=1S/C19H38N2O2/c1-16(15-18(2,3)4)14-17(22)21-10-8-20(9-11-21)12-13-23-19(5,6)7/h16H,8-15H2,1-7H3. The van der Waals surface area contributed by atoms with Gasteiger partial charge in [-0.25, -0.2) is 0 Å². The van der Waals surface area contributed by atoms with Crippen LogP contribution in [0.3, 0.4) is 0 Å². The predicted octanol–water partition coefficient (Wildman–Crippen LogP) is 3.41. The van der Waals surface area contributed by atoms with Gasteiger partial charge in [-0.05, 0) is 38.5 Å². The molecule has 1 aliphatic heterocycles. The Morgan fingerprint density at radius 1 is 1.04 bits per heavy atom. The van der Waals surface area contributed by atoms with Crippen molar-refractivity contribution in [1.29, 1.82) is 0 Å². The highest BCUT2D eigenvalue weighted by molar-refractivity contribution is 5.76. The average molecular weight is 327 g/mol. The van der Waals surface area contributed by atoms with Crippen LogP contribution in [0, 0.1) is 11.3 Å². The van der Waals surface area contributed by atoms with Crippen LogP contribution in [-0.4, -0.2) is 60.6 Å². The minimum Gasteiger partial charge on any atom is -0.375 e. The van der Waals surface area contributed by atoms with Gasteiger partial charge in [0.15, 0.2) is 0 Å². The van der Waals surface area contributed by atoms with E-state index in [9.17, 15) is 4.79 Å². The Labute approximate surface area is 143 Å². The van der Waals surface area contributed by atoms with E-state index in [1.807, 2.05) is 4.90 Å². The SMILES string of the molecule is CC(CC(=O)N1CCN(CCOC(C)(C)C)CC1)CC(C)(C)C. The normalized spacial score (nSPS) is 19.0. The van der Waals surface area contributed by atoms with Crippen LogP contribution in [0.5, 0.6) is 0 Å². The lowest BCUT2D eigenvalue weighted by Crippen LogP contribution is -2.49. The lowest BCUT2D eigenvalue weighted by atomic mass is 9.84. The summed E-state index contributed by atoms with van der Waals surface area (Å²) in [4.78, 5) is 16.9. The Hall–Kier alpha value is -0.610. The molecule has 1 fully saturated rings. The highest BCUT2D eigenvalue weighted by atomic mass is 16.5. The number of amides is 1. The van der Waals surface area contributed by atoms with E-state index >= 15 is 0 Å².